The number of hydrogen-bond donors (Lipinski definition) is 1. The Labute approximate surface area is 229 Å². The summed E-state index contributed by atoms with van der Waals surface area (Å²) in [6.45, 7) is 2.14. The molecule has 3 aromatic carbocycles. The Morgan fingerprint density at radius 2 is 1.62 bits per heavy atom. The van der Waals surface area contributed by atoms with Crippen LogP contribution in [0.4, 0.5) is 5.82 Å². The average Bonchev–Trinajstić information content (AvgIpc) is 2.99. The van der Waals surface area contributed by atoms with Gasteiger partial charge in [-0.15, -0.1) is 0 Å². The average molecular weight is 524 g/mol. The Bertz CT molecular complexity index is 1410. The maximum absolute atomic E-state index is 13.1. The van der Waals surface area contributed by atoms with E-state index in [0.29, 0.717) is 17.1 Å². The van der Waals surface area contributed by atoms with Gasteiger partial charge in [-0.3, -0.25) is 4.79 Å². The molecule has 7 nitrogen and oxygen atoms in total. The summed E-state index contributed by atoms with van der Waals surface area (Å²) in [6, 6.07) is 24.8. The Morgan fingerprint density at radius 3 is 2.31 bits per heavy atom. The van der Waals surface area contributed by atoms with Crippen LogP contribution in [0.1, 0.15) is 23.2 Å². The lowest BCUT2D eigenvalue weighted by molar-refractivity contribution is 0.102. The first kappa shape index (κ1) is 26.3. The Kier molecular flexibility index (Phi) is 8.08. The fourth-order valence-corrected chi connectivity index (χ4v) is 4.71. The van der Waals surface area contributed by atoms with Crippen molar-refractivity contribution in [1.82, 2.24) is 9.88 Å². The summed E-state index contributed by atoms with van der Waals surface area (Å²) in [4.78, 5) is 19.9. The van der Waals surface area contributed by atoms with E-state index in [2.05, 4.69) is 22.2 Å². The number of benzene rings is 3. The molecular formula is C32H33N3O4. The zero-order chi connectivity index (χ0) is 27.2. The van der Waals surface area contributed by atoms with E-state index in [-0.39, 0.29) is 12.0 Å². The number of hydrogen-bond acceptors (Lipinski definition) is 6. The molecule has 4 aromatic rings. The Balaban J connectivity index is 1.25. The van der Waals surface area contributed by atoms with Crippen molar-refractivity contribution >= 4 is 11.7 Å². The van der Waals surface area contributed by atoms with Crippen LogP contribution < -0.4 is 19.5 Å². The Morgan fingerprint density at radius 1 is 0.846 bits per heavy atom. The number of aromatic nitrogens is 1. The van der Waals surface area contributed by atoms with Gasteiger partial charge in [0.05, 0.1) is 14.2 Å². The van der Waals surface area contributed by atoms with Gasteiger partial charge in [0.15, 0.2) is 0 Å². The summed E-state index contributed by atoms with van der Waals surface area (Å²) < 4.78 is 17.0. The van der Waals surface area contributed by atoms with Crippen molar-refractivity contribution in [3.05, 3.63) is 90.6 Å². The van der Waals surface area contributed by atoms with Crippen molar-refractivity contribution in [3.8, 4) is 39.5 Å². The van der Waals surface area contributed by atoms with Crippen LogP contribution in [0.25, 0.3) is 22.3 Å². The molecule has 2 heterocycles. The fourth-order valence-electron chi connectivity index (χ4n) is 4.71. The minimum absolute atomic E-state index is 0.252. The third-order valence-electron chi connectivity index (χ3n) is 7.00. The van der Waals surface area contributed by atoms with Gasteiger partial charge < -0.3 is 24.4 Å². The van der Waals surface area contributed by atoms with E-state index in [1.807, 2.05) is 66.7 Å². The minimum Gasteiger partial charge on any atom is -0.497 e. The maximum atomic E-state index is 13.1. The van der Waals surface area contributed by atoms with E-state index < -0.39 is 0 Å². The second kappa shape index (κ2) is 12.0. The van der Waals surface area contributed by atoms with Crippen LogP contribution in [-0.2, 0) is 0 Å². The monoisotopic (exact) mass is 523 g/mol. The van der Waals surface area contributed by atoms with Crippen molar-refractivity contribution in [2.45, 2.75) is 18.9 Å². The zero-order valence-corrected chi connectivity index (χ0v) is 22.5. The van der Waals surface area contributed by atoms with Crippen LogP contribution in [0.15, 0.2) is 85.1 Å². The molecule has 1 N–H and O–H groups in total. The first-order valence-electron chi connectivity index (χ1n) is 13.1. The number of nitrogens with one attached hydrogen (secondary N) is 1. The summed E-state index contributed by atoms with van der Waals surface area (Å²) in [7, 11) is 5.38. The van der Waals surface area contributed by atoms with Crippen molar-refractivity contribution in [2.24, 2.45) is 0 Å². The lowest BCUT2D eigenvalue weighted by Gasteiger charge is -2.29. The molecule has 0 unspecified atom stereocenters. The van der Waals surface area contributed by atoms with E-state index in [4.69, 9.17) is 14.2 Å². The lowest BCUT2D eigenvalue weighted by atomic mass is 10.0. The SMILES string of the molecule is COc1cccc(-c2cc(C(=O)Nc3ccc(-c4ccc(OC5CCN(C)CC5)cc4)cn3)ccc2OC)c1. The van der Waals surface area contributed by atoms with Gasteiger partial charge >= 0.3 is 0 Å². The standard InChI is InChI=1S/C32H33N3O4/c1-35-17-15-27(16-18-35)39-26-11-7-22(8-12-26)25-10-14-31(33-21-25)34-32(36)24-9-13-30(38-3)29(20-24)23-5-4-6-28(19-23)37-2/h4-14,19-21,27H,15-18H2,1-3H3,(H,33,34,36). The lowest BCUT2D eigenvalue weighted by Crippen LogP contribution is -2.35. The highest BCUT2D eigenvalue weighted by atomic mass is 16.5. The van der Waals surface area contributed by atoms with Crippen molar-refractivity contribution in [1.29, 1.82) is 0 Å². The molecule has 1 aliphatic heterocycles. The van der Waals surface area contributed by atoms with Gasteiger partial charge in [-0.05, 0) is 85.6 Å². The molecule has 0 atom stereocenters. The molecule has 0 bridgehead atoms. The van der Waals surface area contributed by atoms with Gasteiger partial charge in [-0.25, -0.2) is 4.98 Å². The summed E-state index contributed by atoms with van der Waals surface area (Å²) in [5.74, 6) is 2.51. The number of anilines is 1. The molecule has 1 aliphatic rings. The molecule has 0 aliphatic carbocycles. The van der Waals surface area contributed by atoms with Gasteiger partial charge in [0, 0.05) is 36.0 Å². The van der Waals surface area contributed by atoms with Crippen LogP contribution in [0.2, 0.25) is 0 Å². The van der Waals surface area contributed by atoms with E-state index >= 15 is 0 Å². The number of rotatable bonds is 8. The summed E-state index contributed by atoms with van der Waals surface area (Å²) in [5, 5.41) is 2.89. The summed E-state index contributed by atoms with van der Waals surface area (Å²) in [5.41, 5.74) is 4.19. The minimum atomic E-state index is -0.252. The smallest absolute Gasteiger partial charge is 0.256 e. The number of carbonyl (C=O) groups is 1. The zero-order valence-electron chi connectivity index (χ0n) is 22.5. The highest BCUT2D eigenvalue weighted by Gasteiger charge is 2.18. The van der Waals surface area contributed by atoms with Gasteiger partial charge in [0.25, 0.3) is 5.91 Å². The third kappa shape index (κ3) is 6.38. The molecule has 0 saturated carbocycles. The van der Waals surface area contributed by atoms with Gasteiger partial charge in [0.1, 0.15) is 29.2 Å². The van der Waals surface area contributed by atoms with Gasteiger partial charge in [-0.1, -0.05) is 24.3 Å². The third-order valence-corrected chi connectivity index (χ3v) is 7.00. The molecule has 39 heavy (non-hydrogen) atoms. The molecular weight excluding hydrogens is 490 g/mol. The largest absolute Gasteiger partial charge is 0.497 e. The van der Waals surface area contributed by atoms with Crippen molar-refractivity contribution in [2.75, 3.05) is 39.7 Å². The topological polar surface area (TPSA) is 72.9 Å². The van der Waals surface area contributed by atoms with Crippen LogP contribution >= 0.6 is 0 Å². The first-order valence-corrected chi connectivity index (χ1v) is 13.1. The van der Waals surface area contributed by atoms with E-state index in [0.717, 1.165) is 59.7 Å². The number of nitrogens with zero attached hydrogens (tertiary/aromatic N) is 2. The number of pyridine rings is 1. The molecule has 7 heteroatoms. The number of methoxy groups -OCH3 is 2. The number of ether oxygens (including phenoxy) is 3. The molecule has 0 radical (unpaired) electrons. The summed E-state index contributed by atoms with van der Waals surface area (Å²) in [6.07, 6.45) is 4.13. The quantitative estimate of drug-likeness (QED) is 0.298. The molecule has 1 amide bonds. The summed E-state index contributed by atoms with van der Waals surface area (Å²) >= 11 is 0. The molecule has 1 saturated heterocycles. The van der Waals surface area contributed by atoms with Crippen LogP contribution in [-0.4, -0.2) is 56.3 Å². The van der Waals surface area contributed by atoms with Crippen LogP contribution in [0.3, 0.4) is 0 Å². The number of amides is 1. The van der Waals surface area contributed by atoms with Crippen LogP contribution in [0.5, 0.6) is 17.2 Å². The highest BCUT2D eigenvalue weighted by molar-refractivity contribution is 6.04. The molecule has 1 aromatic heterocycles. The molecule has 0 spiro atoms. The van der Waals surface area contributed by atoms with Gasteiger partial charge in [-0.2, -0.15) is 0 Å². The number of likely N-dealkylation sites (tertiary alicyclic amines) is 1. The molecule has 5 rings (SSSR count). The van der Waals surface area contributed by atoms with Gasteiger partial charge in [0.2, 0.25) is 0 Å². The second-order valence-corrected chi connectivity index (χ2v) is 9.68. The normalized spacial score (nSPS) is 14.0. The first-order chi connectivity index (χ1) is 19.0. The number of carbonyl (C=O) groups excluding carboxylic acids is 1. The number of piperidine rings is 1. The maximum Gasteiger partial charge on any atom is 0.256 e. The van der Waals surface area contributed by atoms with E-state index in [1.165, 1.54) is 0 Å². The highest BCUT2D eigenvalue weighted by Crippen LogP contribution is 2.33. The molecule has 1 fully saturated rings. The Hall–Kier alpha value is -4.36. The van der Waals surface area contributed by atoms with Crippen molar-refractivity contribution in [3.63, 3.8) is 0 Å². The van der Waals surface area contributed by atoms with E-state index in [9.17, 15) is 4.79 Å². The second-order valence-electron chi connectivity index (χ2n) is 9.68. The predicted molar refractivity (Wildman–Crippen MR) is 154 cm³/mol. The predicted octanol–water partition coefficient (Wildman–Crippen LogP) is 6.16. The van der Waals surface area contributed by atoms with Crippen LogP contribution in [0, 0.1) is 0 Å². The molecule has 200 valence electrons. The fraction of sp³-hybridized carbons (Fsp3) is 0.250. The van der Waals surface area contributed by atoms with E-state index in [1.54, 1.807) is 32.5 Å². The van der Waals surface area contributed by atoms with Crippen molar-refractivity contribution < 1.29 is 19.0 Å².